The van der Waals surface area contributed by atoms with E-state index in [0.29, 0.717) is 22.2 Å². The summed E-state index contributed by atoms with van der Waals surface area (Å²) in [7, 11) is -3.93. The number of Topliss-reactive ketones (excluding diaryl/α,β-unsaturated/α-hetero) is 1. The Kier molecular flexibility index (Phi) is 4.12. The Morgan fingerprint density at radius 3 is 2.22 bits per heavy atom. The number of carbonyl (C=O) groups excluding carboxylic acids is 1. The highest BCUT2D eigenvalue weighted by molar-refractivity contribution is 7.90. The van der Waals surface area contributed by atoms with E-state index in [2.05, 4.69) is 4.98 Å². The molecule has 0 radical (unpaired) electrons. The summed E-state index contributed by atoms with van der Waals surface area (Å²) in [5.41, 5.74) is 1.52. The van der Waals surface area contributed by atoms with Gasteiger partial charge in [-0.3, -0.25) is 9.78 Å². The minimum atomic E-state index is -3.93. The Labute approximate surface area is 157 Å². The summed E-state index contributed by atoms with van der Waals surface area (Å²) >= 11 is 0. The number of aromatic nitrogens is 2. The van der Waals surface area contributed by atoms with Gasteiger partial charge < -0.3 is 0 Å². The zero-order chi connectivity index (χ0) is 19.0. The standard InChI is InChI=1S/C21H16N2O3S/c1-15(24)20-17-11-5-6-13-19(17)23(21(20)18-12-7-8-14-22-18)27(25,26)16-9-3-2-4-10-16/h2-14H,1H3. The zero-order valence-corrected chi connectivity index (χ0v) is 15.3. The fourth-order valence-corrected chi connectivity index (χ4v) is 4.81. The monoisotopic (exact) mass is 376 g/mol. The van der Waals surface area contributed by atoms with Crippen LogP contribution in [0.3, 0.4) is 0 Å². The van der Waals surface area contributed by atoms with Gasteiger partial charge in [-0.25, -0.2) is 12.4 Å². The molecule has 0 amide bonds. The molecule has 5 nitrogen and oxygen atoms in total. The second-order valence-corrected chi connectivity index (χ2v) is 7.88. The molecule has 0 atom stereocenters. The number of pyridine rings is 1. The Morgan fingerprint density at radius 2 is 1.56 bits per heavy atom. The molecule has 0 aliphatic heterocycles. The van der Waals surface area contributed by atoms with Crippen LogP contribution in [-0.4, -0.2) is 23.2 Å². The van der Waals surface area contributed by atoms with Gasteiger partial charge in [0, 0.05) is 11.6 Å². The SMILES string of the molecule is CC(=O)c1c(-c2ccccn2)n(S(=O)(=O)c2ccccc2)c2ccccc12. The molecule has 0 N–H and O–H groups in total. The van der Waals surface area contributed by atoms with Gasteiger partial charge in [-0.15, -0.1) is 0 Å². The summed E-state index contributed by atoms with van der Waals surface area (Å²) in [6, 6.07) is 20.4. The van der Waals surface area contributed by atoms with Crippen molar-refractivity contribution in [3.63, 3.8) is 0 Å². The number of para-hydroxylation sites is 1. The summed E-state index contributed by atoms with van der Waals surface area (Å²) in [5, 5.41) is 0.588. The summed E-state index contributed by atoms with van der Waals surface area (Å²) in [5.74, 6) is -0.214. The average molecular weight is 376 g/mol. The predicted molar refractivity (Wildman–Crippen MR) is 104 cm³/mol. The molecular formula is C21H16N2O3S. The van der Waals surface area contributed by atoms with Crippen molar-refractivity contribution in [2.24, 2.45) is 0 Å². The lowest BCUT2D eigenvalue weighted by molar-refractivity contribution is 0.102. The third-order valence-electron chi connectivity index (χ3n) is 4.37. The third kappa shape index (κ3) is 2.74. The van der Waals surface area contributed by atoms with Crippen LogP contribution in [0.2, 0.25) is 0 Å². The van der Waals surface area contributed by atoms with E-state index in [-0.39, 0.29) is 16.4 Å². The number of ketones is 1. The van der Waals surface area contributed by atoms with E-state index in [9.17, 15) is 13.2 Å². The minimum Gasteiger partial charge on any atom is -0.294 e. The third-order valence-corrected chi connectivity index (χ3v) is 6.10. The van der Waals surface area contributed by atoms with Gasteiger partial charge in [-0.1, -0.05) is 42.5 Å². The van der Waals surface area contributed by atoms with E-state index in [4.69, 9.17) is 0 Å². The van der Waals surface area contributed by atoms with Crippen molar-refractivity contribution in [3.05, 3.63) is 84.6 Å². The van der Waals surface area contributed by atoms with Crippen LogP contribution in [-0.2, 0) is 10.0 Å². The molecule has 2 aromatic carbocycles. The molecule has 0 aliphatic rings. The molecular weight excluding hydrogens is 360 g/mol. The zero-order valence-electron chi connectivity index (χ0n) is 14.5. The fourth-order valence-electron chi connectivity index (χ4n) is 3.25. The number of benzene rings is 2. The van der Waals surface area contributed by atoms with E-state index in [0.717, 1.165) is 0 Å². The highest BCUT2D eigenvalue weighted by Gasteiger charge is 2.29. The van der Waals surface area contributed by atoms with Crippen molar-refractivity contribution in [1.82, 2.24) is 8.96 Å². The molecule has 6 heteroatoms. The maximum atomic E-state index is 13.5. The topological polar surface area (TPSA) is 69.0 Å². The van der Waals surface area contributed by atoms with Gasteiger partial charge in [-0.05, 0) is 37.3 Å². The van der Waals surface area contributed by atoms with Crippen molar-refractivity contribution >= 4 is 26.7 Å². The van der Waals surface area contributed by atoms with Crippen LogP contribution in [0.5, 0.6) is 0 Å². The van der Waals surface area contributed by atoms with Crippen LogP contribution in [0, 0.1) is 0 Å². The van der Waals surface area contributed by atoms with Gasteiger partial charge in [0.15, 0.2) is 5.78 Å². The smallest absolute Gasteiger partial charge is 0.268 e. The molecule has 0 bridgehead atoms. The maximum Gasteiger partial charge on any atom is 0.268 e. The number of carbonyl (C=O) groups is 1. The fraction of sp³-hybridized carbons (Fsp3) is 0.0476. The average Bonchev–Trinajstić information content (AvgIpc) is 3.05. The maximum absolute atomic E-state index is 13.5. The normalized spacial score (nSPS) is 11.6. The molecule has 4 aromatic rings. The molecule has 0 saturated carbocycles. The van der Waals surface area contributed by atoms with E-state index in [1.807, 2.05) is 0 Å². The first-order valence-electron chi connectivity index (χ1n) is 8.38. The number of rotatable bonds is 4. The number of fused-ring (bicyclic) bond motifs is 1. The molecule has 0 spiro atoms. The lowest BCUT2D eigenvalue weighted by Crippen LogP contribution is -2.15. The molecule has 0 unspecified atom stereocenters. The van der Waals surface area contributed by atoms with Gasteiger partial charge in [0.25, 0.3) is 10.0 Å². The van der Waals surface area contributed by atoms with Crippen LogP contribution < -0.4 is 0 Å². The lowest BCUT2D eigenvalue weighted by Gasteiger charge is -2.12. The van der Waals surface area contributed by atoms with Gasteiger partial charge >= 0.3 is 0 Å². The number of nitrogens with zero attached hydrogens (tertiary/aromatic N) is 2. The molecule has 0 aliphatic carbocycles. The molecule has 27 heavy (non-hydrogen) atoms. The van der Waals surface area contributed by atoms with Crippen LogP contribution in [0.15, 0.2) is 83.9 Å². The quantitative estimate of drug-likeness (QED) is 0.502. The minimum absolute atomic E-state index is 0.151. The Hall–Kier alpha value is -3.25. The summed E-state index contributed by atoms with van der Waals surface area (Å²) in [6.07, 6.45) is 1.58. The largest absolute Gasteiger partial charge is 0.294 e. The molecule has 2 aromatic heterocycles. The molecule has 0 fully saturated rings. The van der Waals surface area contributed by atoms with Gasteiger partial charge in [0.1, 0.15) is 0 Å². The van der Waals surface area contributed by atoms with Crippen molar-refractivity contribution in [3.8, 4) is 11.4 Å². The van der Waals surface area contributed by atoms with Gasteiger partial charge in [0.05, 0.1) is 27.4 Å². The Balaban J connectivity index is 2.20. The van der Waals surface area contributed by atoms with Gasteiger partial charge in [-0.2, -0.15) is 0 Å². The van der Waals surface area contributed by atoms with E-state index < -0.39 is 10.0 Å². The number of hydrogen-bond acceptors (Lipinski definition) is 4. The molecule has 0 saturated heterocycles. The van der Waals surface area contributed by atoms with Crippen LogP contribution in [0.25, 0.3) is 22.3 Å². The Morgan fingerprint density at radius 1 is 0.889 bits per heavy atom. The molecule has 134 valence electrons. The summed E-state index contributed by atoms with van der Waals surface area (Å²) in [6.45, 7) is 1.44. The first-order chi connectivity index (χ1) is 13.0. The predicted octanol–water partition coefficient (Wildman–Crippen LogP) is 4.14. The number of hydrogen-bond donors (Lipinski definition) is 0. The first-order valence-corrected chi connectivity index (χ1v) is 9.82. The van der Waals surface area contributed by atoms with Gasteiger partial charge in [0.2, 0.25) is 0 Å². The van der Waals surface area contributed by atoms with Crippen molar-refractivity contribution in [2.45, 2.75) is 11.8 Å². The second-order valence-electron chi connectivity index (χ2n) is 6.09. The highest BCUT2D eigenvalue weighted by Crippen LogP contribution is 2.36. The van der Waals surface area contributed by atoms with Crippen LogP contribution in [0.1, 0.15) is 17.3 Å². The van der Waals surface area contributed by atoms with Crippen molar-refractivity contribution in [2.75, 3.05) is 0 Å². The van der Waals surface area contributed by atoms with E-state index in [1.165, 1.54) is 10.9 Å². The lowest BCUT2D eigenvalue weighted by atomic mass is 10.1. The van der Waals surface area contributed by atoms with Crippen LogP contribution in [0.4, 0.5) is 0 Å². The first kappa shape index (κ1) is 17.2. The van der Waals surface area contributed by atoms with E-state index >= 15 is 0 Å². The van der Waals surface area contributed by atoms with Crippen molar-refractivity contribution in [1.29, 1.82) is 0 Å². The highest BCUT2D eigenvalue weighted by atomic mass is 32.2. The van der Waals surface area contributed by atoms with Crippen molar-refractivity contribution < 1.29 is 13.2 Å². The summed E-state index contributed by atoms with van der Waals surface area (Å²) in [4.78, 5) is 17.0. The molecule has 2 heterocycles. The molecule has 4 rings (SSSR count). The second kappa shape index (κ2) is 6.48. The summed E-state index contributed by atoms with van der Waals surface area (Å²) < 4.78 is 28.2. The Bertz CT molecular complexity index is 1240. The van der Waals surface area contributed by atoms with Crippen LogP contribution >= 0.6 is 0 Å². The van der Waals surface area contributed by atoms with E-state index in [1.54, 1.807) is 79.0 Å².